The Balaban J connectivity index is 2.18. The van der Waals surface area contributed by atoms with E-state index in [0.29, 0.717) is 0 Å². The van der Waals surface area contributed by atoms with Crippen LogP contribution < -0.4 is 0 Å². The zero-order chi connectivity index (χ0) is 10.5. The molecule has 2 rings (SSSR count). The fourth-order valence-electron chi connectivity index (χ4n) is 1.43. The van der Waals surface area contributed by atoms with Crippen molar-refractivity contribution in [2.45, 2.75) is 12.8 Å². The molecule has 1 aliphatic heterocycles. The van der Waals surface area contributed by atoms with Gasteiger partial charge in [0, 0.05) is 16.9 Å². The molecule has 0 amide bonds. The molecule has 0 N–H and O–H groups in total. The topological polar surface area (TPSA) is 12.9 Å². The summed E-state index contributed by atoms with van der Waals surface area (Å²) in [6, 6.07) is 6.02. The van der Waals surface area contributed by atoms with E-state index >= 15 is 0 Å². The predicted molar refractivity (Wildman–Crippen MR) is 71.0 cm³/mol. The van der Waals surface area contributed by atoms with Crippen LogP contribution in [0.2, 0.25) is 0 Å². The van der Waals surface area contributed by atoms with Crippen molar-refractivity contribution in [2.24, 2.45) is 0 Å². The minimum absolute atomic E-state index is 0.857. The van der Waals surface area contributed by atoms with Gasteiger partial charge in [-0.25, -0.2) is 0 Å². The summed E-state index contributed by atoms with van der Waals surface area (Å²) in [6.07, 6.45) is 6.31. The third-order valence-corrected chi connectivity index (χ3v) is 3.76. The molecule has 0 saturated carbocycles. The van der Waals surface area contributed by atoms with Gasteiger partial charge in [0.25, 0.3) is 0 Å². The highest BCUT2D eigenvalue weighted by Crippen LogP contribution is 2.32. The molecule has 0 aliphatic carbocycles. The van der Waals surface area contributed by atoms with Gasteiger partial charge >= 0.3 is 0 Å². The van der Waals surface area contributed by atoms with E-state index in [1.54, 1.807) is 11.8 Å². The molecule has 2 heterocycles. The van der Waals surface area contributed by atoms with E-state index in [1.165, 1.54) is 10.5 Å². The summed E-state index contributed by atoms with van der Waals surface area (Å²) in [6.45, 7) is 0. The zero-order valence-corrected chi connectivity index (χ0v) is 10.1. The number of thioether (sulfide) groups is 1. The van der Waals surface area contributed by atoms with Crippen LogP contribution in [0.25, 0.3) is 4.91 Å². The van der Waals surface area contributed by atoms with Gasteiger partial charge in [0.1, 0.15) is 0 Å². The zero-order valence-electron chi connectivity index (χ0n) is 8.39. The van der Waals surface area contributed by atoms with Crippen LogP contribution in [0.15, 0.2) is 41.5 Å². The maximum absolute atomic E-state index is 4.36. The van der Waals surface area contributed by atoms with Crippen LogP contribution in [0.4, 0.5) is 0 Å². The van der Waals surface area contributed by atoms with Crippen LogP contribution in [-0.2, 0) is 0 Å². The number of pyridine rings is 1. The minimum Gasteiger partial charge on any atom is -0.256 e. The third-order valence-electron chi connectivity index (χ3n) is 2.27. The van der Waals surface area contributed by atoms with E-state index < -0.39 is 0 Å². The van der Waals surface area contributed by atoms with Crippen molar-refractivity contribution < 1.29 is 0 Å². The summed E-state index contributed by atoms with van der Waals surface area (Å²) in [5, 5.41) is 2.21. The normalized spacial score (nSPS) is 16.6. The molecule has 0 atom stereocenters. The lowest BCUT2D eigenvalue weighted by Crippen LogP contribution is -1.82. The lowest BCUT2D eigenvalue weighted by molar-refractivity contribution is 0.992. The van der Waals surface area contributed by atoms with E-state index in [-0.39, 0.29) is 0 Å². The SMILES string of the molecule is SCC1=CSC(c2ccccn2)=CCC1. The average Bonchev–Trinajstić information content (AvgIpc) is 2.55. The molecule has 78 valence electrons. The summed E-state index contributed by atoms with van der Waals surface area (Å²) in [5.41, 5.74) is 2.48. The van der Waals surface area contributed by atoms with Gasteiger partial charge in [-0.15, -0.1) is 0 Å². The second kappa shape index (κ2) is 5.42. The Bertz CT molecular complexity index is 382. The number of nitrogens with zero attached hydrogens (tertiary/aromatic N) is 1. The van der Waals surface area contributed by atoms with Gasteiger partial charge in [0.15, 0.2) is 0 Å². The van der Waals surface area contributed by atoms with Crippen molar-refractivity contribution in [1.82, 2.24) is 4.98 Å². The molecule has 1 aromatic heterocycles. The number of rotatable bonds is 2. The summed E-state index contributed by atoms with van der Waals surface area (Å²) in [4.78, 5) is 5.61. The van der Waals surface area contributed by atoms with Crippen molar-refractivity contribution >= 4 is 29.3 Å². The highest BCUT2D eigenvalue weighted by molar-refractivity contribution is 8.10. The van der Waals surface area contributed by atoms with Crippen LogP contribution in [0.1, 0.15) is 18.5 Å². The third kappa shape index (κ3) is 2.89. The maximum Gasteiger partial charge on any atom is 0.0765 e. The van der Waals surface area contributed by atoms with Gasteiger partial charge in [-0.3, -0.25) is 4.98 Å². The molecule has 0 fully saturated rings. The van der Waals surface area contributed by atoms with E-state index in [9.17, 15) is 0 Å². The van der Waals surface area contributed by atoms with Crippen LogP contribution in [0, 0.1) is 0 Å². The second-order valence-electron chi connectivity index (χ2n) is 3.37. The molecule has 15 heavy (non-hydrogen) atoms. The Morgan fingerprint density at radius 3 is 3.07 bits per heavy atom. The average molecular weight is 235 g/mol. The molecule has 0 bridgehead atoms. The monoisotopic (exact) mass is 235 g/mol. The molecular weight excluding hydrogens is 222 g/mol. The standard InChI is InChI=1S/C12H13NS2/c14-8-10-4-3-6-12(15-9-10)11-5-1-2-7-13-11/h1-2,5-7,9,14H,3-4,8H2. The lowest BCUT2D eigenvalue weighted by Gasteiger charge is -2.01. The Kier molecular flexibility index (Phi) is 3.92. The van der Waals surface area contributed by atoms with Crippen LogP contribution in [-0.4, -0.2) is 10.7 Å². The highest BCUT2D eigenvalue weighted by atomic mass is 32.2. The Morgan fingerprint density at radius 1 is 1.40 bits per heavy atom. The van der Waals surface area contributed by atoms with Gasteiger partial charge in [-0.2, -0.15) is 12.6 Å². The Labute approximate surface area is 100 Å². The van der Waals surface area contributed by atoms with Crippen LogP contribution in [0.3, 0.4) is 0 Å². The van der Waals surface area contributed by atoms with Crippen molar-refractivity contribution in [3.05, 3.63) is 47.1 Å². The molecule has 1 aromatic rings. The minimum atomic E-state index is 0.857. The highest BCUT2D eigenvalue weighted by Gasteiger charge is 2.06. The Morgan fingerprint density at radius 2 is 2.33 bits per heavy atom. The van der Waals surface area contributed by atoms with Gasteiger partial charge in [-0.05, 0) is 30.4 Å². The first-order valence-electron chi connectivity index (χ1n) is 4.97. The van der Waals surface area contributed by atoms with Crippen LogP contribution in [0.5, 0.6) is 0 Å². The molecular formula is C12H13NS2. The van der Waals surface area contributed by atoms with E-state index in [4.69, 9.17) is 0 Å². The van der Waals surface area contributed by atoms with E-state index in [2.05, 4.69) is 35.2 Å². The summed E-state index contributed by atoms with van der Waals surface area (Å²) in [7, 11) is 0. The maximum atomic E-state index is 4.36. The summed E-state index contributed by atoms with van der Waals surface area (Å²) >= 11 is 6.07. The van der Waals surface area contributed by atoms with Gasteiger partial charge in [0.2, 0.25) is 0 Å². The Hall–Kier alpha value is -0.670. The second-order valence-corrected chi connectivity index (χ2v) is 4.60. The number of thiol groups is 1. The number of hydrogen-bond acceptors (Lipinski definition) is 3. The molecule has 0 aromatic carbocycles. The number of hydrogen-bond donors (Lipinski definition) is 1. The first-order valence-corrected chi connectivity index (χ1v) is 6.48. The molecule has 0 unspecified atom stereocenters. The molecule has 3 heteroatoms. The smallest absolute Gasteiger partial charge is 0.0765 e. The largest absolute Gasteiger partial charge is 0.256 e. The van der Waals surface area contributed by atoms with E-state index in [0.717, 1.165) is 24.3 Å². The first-order chi connectivity index (χ1) is 7.40. The molecule has 1 aliphatic rings. The molecule has 0 spiro atoms. The lowest BCUT2D eigenvalue weighted by atomic mass is 10.2. The van der Waals surface area contributed by atoms with Crippen molar-refractivity contribution in [2.75, 3.05) is 5.75 Å². The summed E-state index contributed by atoms with van der Waals surface area (Å²) < 4.78 is 0. The molecule has 0 radical (unpaired) electrons. The van der Waals surface area contributed by atoms with Crippen molar-refractivity contribution in [3.63, 3.8) is 0 Å². The molecule has 0 saturated heterocycles. The van der Waals surface area contributed by atoms with Crippen LogP contribution >= 0.6 is 24.4 Å². The fraction of sp³-hybridized carbons (Fsp3) is 0.250. The first kappa shape index (κ1) is 10.8. The van der Waals surface area contributed by atoms with Gasteiger partial charge in [0.05, 0.1) is 5.69 Å². The fourth-order valence-corrected chi connectivity index (χ4v) is 2.76. The van der Waals surface area contributed by atoms with Crippen molar-refractivity contribution in [3.8, 4) is 0 Å². The van der Waals surface area contributed by atoms with Gasteiger partial charge in [-0.1, -0.05) is 29.5 Å². The summed E-state index contributed by atoms with van der Waals surface area (Å²) in [5.74, 6) is 0.857. The number of aromatic nitrogens is 1. The van der Waals surface area contributed by atoms with Crippen molar-refractivity contribution in [1.29, 1.82) is 0 Å². The van der Waals surface area contributed by atoms with Gasteiger partial charge < -0.3 is 0 Å². The quantitative estimate of drug-likeness (QED) is 0.784. The van der Waals surface area contributed by atoms with E-state index in [1.807, 2.05) is 18.3 Å². The molecule has 1 nitrogen and oxygen atoms in total. The predicted octanol–water partition coefficient (Wildman–Crippen LogP) is 3.76. The number of allylic oxidation sites excluding steroid dienone is 1.